The molecule has 0 bridgehead atoms. The fourth-order valence-corrected chi connectivity index (χ4v) is 17.1. The lowest BCUT2D eigenvalue weighted by molar-refractivity contribution is -0.385. The van der Waals surface area contributed by atoms with E-state index in [0.29, 0.717) is 49.4 Å². The number of hydrogen-bond acceptors (Lipinski definition) is 28. The summed E-state index contributed by atoms with van der Waals surface area (Å²) in [6.07, 6.45) is -31.0. The maximum absolute atomic E-state index is 11.7. The Hall–Kier alpha value is -1.12. The Morgan fingerprint density at radius 1 is 0.529 bits per heavy atom. The third-order valence-corrected chi connectivity index (χ3v) is 22.1. The molecule has 10 rings (SSSR count). The summed E-state index contributed by atoms with van der Waals surface area (Å²) in [7, 11) is 1.71. The van der Waals surface area contributed by atoms with Gasteiger partial charge in [0.1, 0.15) is 116 Å². The Kier molecular flexibility index (Phi) is 21.1. The summed E-state index contributed by atoms with van der Waals surface area (Å²) in [5.74, 6) is 1.30. The van der Waals surface area contributed by atoms with Crippen molar-refractivity contribution in [2.24, 2.45) is 52.3 Å². The van der Waals surface area contributed by atoms with Gasteiger partial charge in [-0.25, -0.2) is 0 Å². The van der Waals surface area contributed by atoms with E-state index < -0.39 is 186 Å². The highest BCUT2D eigenvalue weighted by molar-refractivity contribution is 5.15. The Morgan fingerprint density at radius 2 is 1.07 bits per heavy atom. The van der Waals surface area contributed by atoms with E-state index in [-0.39, 0.29) is 47.4 Å². The van der Waals surface area contributed by atoms with Gasteiger partial charge in [-0.2, -0.15) is 0 Å². The minimum atomic E-state index is -2.04. The van der Waals surface area contributed by atoms with Crippen molar-refractivity contribution in [3.05, 3.63) is 0 Å². The summed E-state index contributed by atoms with van der Waals surface area (Å²) in [5.41, 5.74) is 0.0423. The second-order valence-corrected chi connectivity index (χ2v) is 26.8. The highest BCUT2D eigenvalue weighted by Gasteiger charge is 2.69. The van der Waals surface area contributed by atoms with Crippen LogP contribution in [0.1, 0.15) is 91.9 Å². The van der Waals surface area contributed by atoms with Crippen LogP contribution in [0.15, 0.2) is 0 Å². The minimum absolute atomic E-state index is 0.00429. The molecule has 6 saturated heterocycles. The van der Waals surface area contributed by atoms with Gasteiger partial charge in [0, 0.05) is 19.4 Å². The van der Waals surface area contributed by atoms with Crippen LogP contribution in [-0.4, -0.2) is 294 Å². The molecule has 4 saturated carbocycles. The van der Waals surface area contributed by atoms with Gasteiger partial charge >= 0.3 is 0 Å². The van der Waals surface area contributed by atoms with Crippen molar-refractivity contribution in [1.82, 2.24) is 0 Å². The molecule has 492 valence electrons. The van der Waals surface area contributed by atoms with Crippen molar-refractivity contribution in [1.29, 1.82) is 0 Å². The number of hydrogen-bond donors (Lipinski definition) is 16. The highest BCUT2D eigenvalue weighted by atomic mass is 16.8. The quantitative estimate of drug-likeness (QED) is 0.0540. The van der Waals surface area contributed by atoms with Crippen LogP contribution >= 0.6 is 0 Å². The SMILES string of the molecule is CO[C@]1(CC[C@H](C)CO[C@@H]2O[C@H](CO)[C@@H](O)[C@H](O)[C@H]2O)O[C@H]2C[C@H]3[C@@H]4CC[C@@H]5C[C@@H](O[C@@H]6O[C@H](CO)[C@@H](O[C@@H]7O[C@H](CO[C@@H]8OC[C@@H](O)[C@H](O)[C@H]8O)[C@@H](O[C@@H]8O[C@H](CO)[C@H](O)[C@H](O)[C@H]8O)[C@H](O)[C@H]7O)[C@H](O)[C@H]6O)CC[C@]5(C)[C@H]4CC[C@]3(C)[C@H]2[C@@H]1C. The van der Waals surface area contributed by atoms with Gasteiger partial charge in [0.15, 0.2) is 37.2 Å². The first-order chi connectivity index (χ1) is 40.3. The van der Waals surface area contributed by atoms with Gasteiger partial charge in [0.05, 0.1) is 51.8 Å². The number of ether oxygens (including phenoxy) is 12. The summed E-state index contributed by atoms with van der Waals surface area (Å²) >= 11 is 0. The van der Waals surface area contributed by atoms with Crippen LogP contribution in [-0.2, 0) is 56.8 Å². The molecule has 6 heterocycles. The first-order valence-corrected chi connectivity index (χ1v) is 30.7. The largest absolute Gasteiger partial charge is 0.394 e. The maximum atomic E-state index is 11.7. The van der Waals surface area contributed by atoms with E-state index in [1.165, 1.54) is 0 Å². The fraction of sp³-hybridized carbons (Fsp3) is 1.00. The van der Waals surface area contributed by atoms with Crippen LogP contribution in [0.5, 0.6) is 0 Å². The number of aliphatic hydroxyl groups is 16. The van der Waals surface area contributed by atoms with Crippen molar-refractivity contribution in [2.45, 2.75) is 257 Å². The lowest BCUT2D eigenvalue weighted by Gasteiger charge is -2.61. The molecule has 0 radical (unpaired) electrons. The monoisotopic (exact) mass is 1230 g/mol. The first kappa shape index (κ1) is 66.8. The summed E-state index contributed by atoms with van der Waals surface area (Å²) in [6, 6.07) is 0. The second-order valence-electron chi connectivity index (χ2n) is 26.8. The van der Waals surface area contributed by atoms with E-state index in [1.54, 1.807) is 7.11 Å². The molecule has 4 aliphatic carbocycles. The standard InChI is InChI=1S/C57H96O28/c1-22(19-75-51-44(70)39(65)37(63)31(16-58)79-51)8-13-57(74-5)23(2)35-30(85-57)15-28-26-7-6-24-14-25(9-11-55(24,3)27(26)10-12-56(28,35)4)78-52-46(72)41(67)48(33(18-60)81-52)83-54-47(73)42(68)49(84-53-45(71)40(66)38(64)32(17-59)80-53)34(82-54)21-77-50-43(69)36(62)29(61)20-76-50/h22-54,58-73H,6-21H2,1-5H3/t22-,23-,24+,25-,26+,27-,28-,29+,30-,31+,32+,33+,34+,35-,36-,37+,38-,39-,40-,41+,42+,43+,44+,45+,46+,47+,48+,49+,50-,51+,52+,53-,54-,55-,56-,57+/m0/s1. The third kappa shape index (κ3) is 12.4. The van der Waals surface area contributed by atoms with E-state index >= 15 is 0 Å². The predicted octanol–water partition coefficient (Wildman–Crippen LogP) is -4.84. The van der Waals surface area contributed by atoms with Gasteiger partial charge in [-0.05, 0) is 104 Å². The Morgan fingerprint density at radius 3 is 1.69 bits per heavy atom. The smallest absolute Gasteiger partial charge is 0.187 e. The van der Waals surface area contributed by atoms with Crippen molar-refractivity contribution in [2.75, 3.05) is 46.8 Å². The number of fused-ring (bicyclic) bond motifs is 7. The molecule has 28 heteroatoms. The van der Waals surface area contributed by atoms with E-state index in [4.69, 9.17) is 56.8 Å². The van der Waals surface area contributed by atoms with Crippen molar-refractivity contribution in [3.63, 3.8) is 0 Å². The van der Waals surface area contributed by atoms with Gasteiger partial charge in [-0.15, -0.1) is 0 Å². The second kappa shape index (κ2) is 26.8. The molecule has 16 N–H and O–H groups in total. The molecule has 0 amide bonds. The summed E-state index contributed by atoms with van der Waals surface area (Å²) in [4.78, 5) is 0. The molecule has 28 nitrogen and oxygen atoms in total. The van der Waals surface area contributed by atoms with E-state index in [2.05, 4.69) is 20.8 Å². The molecule has 0 spiro atoms. The lowest BCUT2D eigenvalue weighted by Crippen LogP contribution is -2.67. The van der Waals surface area contributed by atoms with Crippen molar-refractivity contribution >= 4 is 0 Å². The zero-order valence-corrected chi connectivity index (χ0v) is 48.9. The number of rotatable bonds is 19. The molecule has 0 aromatic rings. The third-order valence-electron chi connectivity index (χ3n) is 22.1. The molecular weight excluding hydrogens is 1130 g/mol. The molecule has 0 aromatic heterocycles. The summed E-state index contributed by atoms with van der Waals surface area (Å²) < 4.78 is 71.9. The van der Waals surface area contributed by atoms with Crippen LogP contribution in [0.4, 0.5) is 0 Å². The molecule has 6 aliphatic heterocycles. The normalized spacial score (nSPS) is 54.9. The predicted molar refractivity (Wildman–Crippen MR) is 283 cm³/mol. The molecule has 10 aliphatic rings. The number of methoxy groups -OCH3 is 1. The van der Waals surface area contributed by atoms with Crippen LogP contribution in [0.2, 0.25) is 0 Å². The van der Waals surface area contributed by atoms with E-state index in [0.717, 1.165) is 38.5 Å². The van der Waals surface area contributed by atoms with Gasteiger partial charge < -0.3 is 139 Å². The topological polar surface area (TPSA) is 434 Å². The van der Waals surface area contributed by atoms with Crippen molar-refractivity contribution < 1.29 is 139 Å². The first-order valence-electron chi connectivity index (χ1n) is 30.7. The number of aliphatic hydroxyl groups excluding tert-OH is 16. The minimum Gasteiger partial charge on any atom is -0.394 e. The molecule has 0 aromatic carbocycles. The van der Waals surface area contributed by atoms with Crippen LogP contribution < -0.4 is 0 Å². The molecule has 0 unspecified atom stereocenters. The lowest BCUT2D eigenvalue weighted by atomic mass is 9.44. The van der Waals surface area contributed by atoms with E-state index in [9.17, 15) is 81.7 Å². The molecular formula is C57H96O28. The Bertz CT molecular complexity index is 2150. The fourth-order valence-electron chi connectivity index (χ4n) is 17.1. The van der Waals surface area contributed by atoms with Crippen LogP contribution in [0.3, 0.4) is 0 Å². The average molecular weight is 1230 g/mol. The zero-order chi connectivity index (χ0) is 61.4. The Labute approximate surface area is 493 Å². The van der Waals surface area contributed by atoms with Crippen molar-refractivity contribution in [3.8, 4) is 0 Å². The van der Waals surface area contributed by atoms with Crippen LogP contribution in [0.25, 0.3) is 0 Å². The highest BCUT2D eigenvalue weighted by Crippen LogP contribution is 2.71. The average Bonchev–Trinajstić information content (AvgIpc) is 1.59. The van der Waals surface area contributed by atoms with E-state index in [1.807, 2.05) is 6.92 Å². The van der Waals surface area contributed by atoms with Gasteiger partial charge in [0.25, 0.3) is 0 Å². The van der Waals surface area contributed by atoms with Gasteiger partial charge in [0.2, 0.25) is 0 Å². The Balaban J connectivity index is 0.737. The summed E-state index contributed by atoms with van der Waals surface area (Å²) in [6.45, 7) is 6.12. The molecule has 36 atom stereocenters. The molecule has 85 heavy (non-hydrogen) atoms. The zero-order valence-electron chi connectivity index (χ0n) is 48.9. The van der Waals surface area contributed by atoms with Crippen LogP contribution in [0, 0.1) is 52.3 Å². The van der Waals surface area contributed by atoms with Gasteiger partial charge in [-0.1, -0.05) is 27.7 Å². The maximum Gasteiger partial charge on any atom is 0.187 e. The van der Waals surface area contributed by atoms with Gasteiger partial charge in [-0.3, -0.25) is 0 Å². The molecule has 10 fully saturated rings. The summed E-state index contributed by atoms with van der Waals surface area (Å²) in [5, 5.41) is 170.